The predicted molar refractivity (Wildman–Crippen MR) is 58.5 cm³/mol. The van der Waals surface area contributed by atoms with Gasteiger partial charge in [0.25, 0.3) is 0 Å². The summed E-state index contributed by atoms with van der Waals surface area (Å²) in [5.41, 5.74) is 0. The second kappa shape index (κ2) is 9.11. The zero-order valence-corrected chi connectivity index (χ0v) is 9.57. The van der Waals surface area contributed by atoms with Gasteiger partial charge in [0, 0.05) is 6.42 Å². The lowest BCUT2D eigenvalue weighted by Gasteiger charge is -2.14. The third kappa shape index (κ3) is 7.19. The molecule has 0 aromatic carbocycles. The highest BCUT2D eigenvalue weighted by atomic mass is 16.7. The molecule has 0 aromatic rings. The topological polar surface area (TPSA) is 102 Å². The van der Waals surface area contributed by atoms with Gasteiger partial charge in [0.2, 0.25) is 0 Å². The van der Waals surface area contributed by atoms with Crippen LogP contribution in [0.3, 0.4) is 0 Å². The molecule has 0 aliphatic carbocycles. The number of rotatable bonds is 9. The largest absolute Gasteiger partial charge is 0.481 e. The van der Waals surface area contributed by atoms with Gasteiger partial charge < -0.3 is 15.3 Å². The Labute approximate surface area is 95.1 Å². The van der Waals surface area contributed by atoms with E-state index >= 15 is 0 Å². The fourth-order valence-electron chi connectivity index (χ4n) is 1.30. The molecule has 0 rings (SSSR count). The number of nitrogens with two attached hydrogens (primary N) is 1. The van der Waals surface area contributed by atoms with Gasteiger partial charge >= 0.3 is 11.9 Å². The summed E-state index contributed by atoms with van der Waals surface area (Å²) in [6.07, 6.45) is 3.20. The van der Waals surface area contributed by atoms with Crippen LogP contribution in [0.5, 0.6) is 0 Å². The molecule has 6 heteroatoms. The van der Waals surface area contributed by atoms with Gasteiger partial charge in [-0.05, 0) is 19.4 Å². The SMILES string of the molecule is CCCCCNC(CCC(=O)O)C(=O)ON. The predicted octanol–water partition coefficient (Wildman–Crippen LogP) is 0.417. The zero-order valence-electron chi connectivity index (χ0n) is 9.57. The van der Waals surface area contributed by atoms with Crippen molar-refractivity contribution in [3.05, 3.63) is 0 Å². The first-order valence-electron chi connectivity index (χ1n) is 5.47. The van der Waals surface area contributed by atoms with Crippen LogP contribution in [0.2, 0.25) is 0 Å². The van der Waals surface area contributed by atoms with E-state index in [0.717, 1.165) is 19.3 Å². The molecule has 0 radical (unpaired) electrons. The highest BCUT2D eigenvalue weighted by Gasteiger charge is 2.19. The summed E-state index contributed by atoms with van der Waals surface area (Å²) in [5, 5.41) is 11.5. The van der Waals surface area contributed by atoms with Gasteiger partial charge in [-0.3, -0.25) is 4.79 Å². The zero-order chi connectivity index (χ0) is 12.4. The number of unbranched alkanes of at least 4 members (excludes halogenated alkanes) is 2. The highest BCUT2D eigenvalue weighted by Crippen LogP contribution is 2.00. The molecule has 1 atom stereocenters. The molecule has 0 fully saturated rings. The molecular weight excluding hydrogens is 212 g/mol. The fraction of sp³-hybridized carbons (Fsp3) is 0.800. The molecule has 0 saturated carbocycles. The number of nitrogens with one attached hydrogen (secondary N) is 1. The molecule has 0 amide bonds. The summed E-state index contributed by atoms with van der Waals surface area (Å²) in [5.74, 6) is 3.22. The van der Waals surface area contributed by atoms with Crippen molar-refractivity contribution >= 4 is 11.9 Å². The summed E-state index contributed by atoms with van der Waals surface area (Å²) in [6.45, 7) is 2.74. The number of hydrogen-bond donors (Lipinski definition) is 3. The lowest BCUT2D eigenvalue weighted by Crippen LogP contribution is -2.40. The molecule has 4 N–H and O–H groups in total. The van der Waals surface area contributed by atoms with E-state index in [1.807, 2.05) is 0 Å². The number of aliphatic carboxylic acids is 1. The summed E-state index contributed by atoms with van der Waals surface area (Å²) in [4.78, 5) is 25.7. The number of carbonyl (C=O) groups is 2. The van der Waals surface area contributed by atoms with E-state index in [1.165, 1.54) is 0 Å². The van der Waals surface area contributed by atoms with Gasteiger partial charge in [-0.15, -0.1) is 0 Å². The van der Waals surface area contributed by atoms with Gasteiger partial charge in [0.1, 0.15) is 6.04 Å². The van der Waals surface area contributed by atoms with Gasteiger partial charge in [0.05, 0.1) is 0 Å². The minimum atomic E-state index is -0.940. The first kappa shape index (κ1) is 14.9. The Hall–Kier alpha value is -1.14. The first-order valence-corrected chi connectivity index (χ1v) is 5.47. The molecule has 0 heterocycles. The van der Waals surface area contributed by atoms with E-state index in [4.69, 9.17) is 11.0 Å². The van der Waals surface area contributed by atoms with E-state index in [-0.39, 0.29) is 12.8 Å². The average Bonchev–Trinajstić information content (AvgIpc) is 2.27. The molecule has 0 aromatic heterocycles. The van der Waals surface area contributed by atoms with Crippen LogP contribution in [0.1, 0.15) is 39.0 Å². The monoisotopic (exact) mass is 232 g/mol. The molecule has 1 unspecified atom stereocenters. The quantitative estimate of drug-likeness (QED) is 0.393. The second-order valence-corrected chi connectivity index (χ2v) is 3.58. The van der Waals surface area contributed by atoms with Crippen LogP contribution in [-0.4, -0.2) is 29.6 Å². The Kier molecular flexibility index (Phi) is 8.46. The first-order chi connectivity index (χ1) is 7.61. The minimum Gasteiger partial charge on any atom is -0.481 e. The van der Waals surface area contributed by atoms with E-state index < -0.39 is 18.0 Å². The Balaban J connectivity index is 3.90. The van der Waals surface area contributed by atoms with Crippen LogP contribution in [0, 0.1) is 0 Å². The van der Waals surface area contributed by atoms with Crippen molar-refractivity contribution in [2.24, 2.45) is 5.90 Å². The molecule has 0 spiro atoms. The van der Waals surface area contributed by atoms with Crippen molar-refractivity contribution in [3.8, 4) is 0 Å². The third-order valence-electron chi connectivity index (χ3n) is 2.22. The Morgan fingerprint density at radius 1 is 1.44 bits per heavy atom. The summed E-state index contributed by atoms with van der Waals surface area (Å²) in [7, 11) is 0. The van der Waals surface area contributed by atoms with Crippen LogP contribution in [0.25, 0.3) is 0 Å². The van der Waals surface area contributed by atoms with Crippen LogP contribution in [0.4, 0.5) is 0 Å². The van der Waals surface area contributed by atoms with Gasteiger partial charge in [-0.2, -0.15) is 5.90 Å². The highest BCUT2D eigenvalue weighted by molar-refractivity contribution is 5.76. The van der Waals surface area contributed by atoms with E-state index in [1.54, 1.807) is 0 Å². The lowest BCUT2D eigenvalue weighted by molar-refractivity contribution is -0.147. The van der Waals surface area contributed by atoms with Crippen LogP contribution in [0.15, 0.2) is 0 Å². The summed E-state index contributed by atoms with van der Waals surface area (Å²) >= 11 is 0. The van der Waals surface area contributed by atoms with E-state index in [9.17, 15) is 9.59 Å². The molecular formula is C10H20N2O4. The molecule has 6 nitrogen and oxygen atoms in total. The summed E-state index contributed by atoms with van der Waals surface area (Å²) < 4.78 is 0. The van der Waals surface area contributed by atoms with E-state index in [2.05, 4.69) is 17.1 Å². The van der Waals surface area contributed by atoms with Crippen molar-refractivity contribution in [2.45, 2.75) is 45.1 Å². The maximum atomic E-state index is 11.2. The van der Waals surface area contributed by atoms with Crippen molar-refractivity contribution in [1.29, 1.82) is 0 Å². The number of carboxylic acids is 1. The smallest absolute Gasteiger partial charge is 0.341 e. The number of carboxylic acid groups (broad SMARTS) is 1. The molecule has 16 heavy (non-hydrogen) atoms. The third-order valence-corrected chi connectivity index (χ3v) is 2.22. The van der Waals surface area contributed by atoms with Crippen molar-refractivity contribution in [3.63, 3.8) is 0 Å². The van der Waals surface area contributed by atoms with Crippen LogP contribution >= 0.6 is 0 Å². The van der Waals surface area contributed by atoms with Crippen molar-refractivity contribution in [1.82, 2.24) is 5.32 Å². The van der Waals surface area contributed by atoms with Crippen molar-refractivity contribution < 1.29 is 19.5 Å². The normalized spacial score (nSPS) is 12.1. The van der Waals surface area contributed by atoms with Crippen LogP contribution in [-0.2, 0) is 14.4 Å². The fourth-order valence-corrected chi connectivity index (χ4v) is 1.30. The maximum absolute atomic E-state index is 11.2. The Bertz CT molecular complexity index is 221. The summed E-state index contributed by atoms with van der Waals surface area (Å²) in [6, 6.07) is -0.627. The second-order valence-electron chi connectivity index (χ2n) is 3.58. The molecule has 0 saturated heterocycles. The molecule has 0 aliphatic rings. The van der Waals surface area contributed by atoms with E-state index in [0.29, 0.717) is 6.54 Å². The van der Waals surface area contributed by atoms with Crippen LogP contribution < -0.4 is 11.2 Å². The number of hydrogen-bond acceptors (Lipinski definition) is 5. The Morgan fingerprint density at radius 3 is 2.62 bits per heavy atom. The molecule has 0 bridgehead atoms. The standard InChI is InChI=1S/C10H20N2O4/c1-2-3-4-7-12-8(10(15)16-11)5-6-9(13)14/h8,12H,2-7,11H2,1H3,(H,13,14). The average molecular weight is 232 g/mol. The van der Waals surface area contributed by atoms with Gasteiger partial charge in [-0.1, -0.05) is 19.8 Å². The van der Waals surface area contributed by atoms with Gasteiger partial charge in [0.15, 0.2) is 0 Å². The molecule has 0 aliphatic heterocycles. The minimum absolute atomic E-state index is 0.0828. The Morgan fingerprint density at radius 2 is 2.12 bits per heavy atom. The lowest BCUT2D eigenvalue weighted by atomic mass is 10.1. The van der Waals surface area contributed by atoms with Crippen molar-refractivity contribution in [2.75, 3.05) is 6.54 Å². The number of carbonyl (C=O) groups excluding carboxylic acids is 1. The maximum Gasteiger partial charge on any atom is 0.341 e. The molecule has 94 valence electrons. The van der Waals surface area contributed by atoms with Gasteiger partial charge in [-0.25, -0.2) is 4.79 Å².